The summed E-state index contributed by atoms with van der Waals surface area (Å²) in [6.07, 6.45) is 2.30. The van der Waals surface area contributed by atoms with Crippen LogP contribution in [-0.4, -0.2) is 5.11 Å². The maximum atomic E-state index is 10.2. The van der Waals surface area contributed by atoms with Crippen molar-refractivity contribution in [3.8, 4) is 0 Å². The maximum absolute atomic E-state index is 10.2. The van der Waals surface area contributed by atoms with Gasteiger partial charge in [0.25, 0.3) is 0 Å². The van der Waals surface area contributed by atoms with E-state index in [2.05, 4.69) is 12.1 Å². The van der Waals surface area contributed by atoms with Gasteiger partial charge in [0, 0.05) is 5.02 Å². The second-order valence-corrected chi connectivity index (χ2v) is 5.33. The quantitative estimate of drug-likeness (QED) is 0.837. The largest absolute Gasteiger partial charge is 0.388 e. The van der Waals surface area contributed by atoms with Gasteiger partial charge in [0.05, 0.1) is 6.10 Å². The minimum absolute atomic E-state index is 0.428. The molecule has 19 heavy (non-hydrogen) atoms. The maximum Gasteiger partial charge on any atom is 0.0793 e. The molecule has 2 aromatic rings. The third-order valence-electron chi connectivity index (χ3n) is 3.39. The predicted molar refractivity (Wildman–Crippen MR) is 80.5 cm³/mol. The van der Waals surface area contributed by atoms with E-state index < -0.39 is 6.10 Å². The van der Waals surface area contributed by atoms with Gasteiger partial charge in [0.1, 0.15) is 0 Å². The number of hydrogen-bond donors (Lipinski definition) is 1. The summed E-state index contributed by atoms with van der Waals surface area (Å²) in [4.78, 5) is 0. The Balaban J connectivity index is 1.91. The molecule has 0 fully saturated rings. The summed E-state index contributed by atoms with van der Waals surface area (Å²) < 4.78 is 0. The molecule has 1 nitrogen and oxygen atoms in total. The van der Waals surface area contributed by atoms with Crippen LogP contribution in [0.4, 0.5) is 0 Å². The van der Waals surface area contributed by atoms with E-state index in [1.807, 2.05) is 43.3 Å². The number of benzene rings is 2. The minimum atomic E-state index is -0.428. The van der Waals surface area contributed by atoms with Gasteiger partial charge in [-0.3, -0.25) is 0 Å². The van der Waals surface area contributed by atoms with Crippen LogP contribution in [0.15, 0.2) is 48.5 Å². The Morgan fingerprint density at radius 3 is 2.58 bits per heavy atom. The molecule has 0 aliphatic heterocycles. The standard InChI is InChI=1S/C17H19ClO/c1-13-10-11-15(18)12-16(13)17(19)9-5-8-14-6-3-2-4-7-14/h2-4,6-7,10-12,17,19H,5,8-9H2,1H3. The molecule has 0 spiro atoms. The van der Waals surface area contributed by atoms with E-state index in [0.717, 1.165) is 30.4 Å². The number of aryl methyl sites for hydroxylation is 2. The van der Waals surface area contributed by atoms with Crippen molar-refractivity contribution in [3.05, 3.63) is 70.2 Å². The van der Waals surface area contributed by atoms with Crippen LogP contribution in [0, 0.1) is 6.92 Å². The molecule has 100 valence electrons. The molecule has 1 atom stereocenters. The van der Waals surface area contributed by atoms with E-state index in [0.29, 0.717) is 5.02 Å². The van der Waals surface area contributed by atoms with Gasteiger partial charge in [-0.25, -0.2) is 0 Å². The van der Waals surface area contributed by atoms with Gasteiger partial charge in [-0.05, 0) is 55.0 Å². The number of halogens is 1. The molecule has 0 saturated heterocycles. The van der Waals surface area contributed by atoms with Gasteiger partial charge in [-0.1, -0.05) is 48.0 Å². The third-order valence-corrected chi connectivity index (χ3v) is 3.62. The van der Waals surface area contributed by atoms with Gasteiger partial charge in [-0.15, -0.1) is 0 Å². The van der Waals surface area contributed by atoms with E-state index in [9.17, 15) is 5.11 Å². The Kier molecular flexibility index (Phi) is 5.00. The Morgan fingerprint density at radius 1 is 1.11 bits per heavy atom. The Morgan fingerprint density at radius 2 is 1.84 bits per heavy atom. The Hall–Kier alpha value is -1.31. The molecule has 0 saturated carbocycles. The van der Waals surface area contributed by atoms with Crippen molar-refractivity contribution in [2.45, 2.75) is 32.3 Å². The van der Waals surface area contributed by atoms with Gasteiger partial charge in [-0.2, -0.15) is 0 Å². The zero-order valence-electron chi connectivity index (χ0n) is 11.1. The molecule has 1 unspecified atom stereocenters. The van der Waals surface area contributed by atoms with Crippen molar-refractivity contribution in [1.82, 2.24) is 0 Å². The first-order valence-corrected chi connectivity index (χ1v) is 7.02. The van der Waals surface area contributed by atoms with Crippen LogP contribution in [0.25, 0.3) is 0 Å². The van der Waals surface area contributed by atoms with Gasteiger partial charge >= 0.3 is 0 Å². The number of hydrogen-bond acceptors (Lipinski definition) is 1. The highest BCUT2D eigenvalue weighted by Crippen LogP contribution is 2.25. The van der Waals surface area contributed by atoms with Crippen LogP contribution < -0.4 is 0 Å². The molecule has 0 radical (unpaired) electrons. The van der Waals surface area contributed by atoms with Crippen LogP contribution in [-0.2, 0) is 6.42 Å². The SMILES string of the molecule is Cc1ccc(Cl)cc1C(O)CCCc1ccccc1. The van der Waals surface area contributed by atoms with E-state index in [-0.39, 0.29) is 0 Å². The second-order valence-electron chi connectivity index (χ2n) is 4.89. The van der Waals surface area contributed by atoms with Crippen LogP contribution in [0.3, 0.4) is 0 Å². The van der Waals surface area contributed by atoms with Crippen LogP contribution >= 0.6 is 11.6 Å². The Bertz CT molecular complexity index is 522. The first-order valence-electron chi connectivity index (χ1n) is 6.65. The summed E-state index contributed by atoms with van der Waals surface area (Å²) in [5.74, 6) is 0. The fourth-order valence-corrected chi connectivity index (χ4v) is 2.45. The molecular weight excluding hydrogens is 256 g/mol. The molecule has 0 bridgehead atoms. The van der Waals surface area contributed by atoms with E-state index in [1.165, 1.54) is 5.56 Å². The van der Waals surface area contributed by atoms with Gasteiger partial charge in [0.2, 0.25) is 0 Å². The van der Waals surface area contributed by atoms with Crippen molar-refractivity contribution in [2.24, 2.45) is 0 Å². The molecule has 0 heterocycles. The monoisotopic (exact) mass is 274 g/mol. The molecule has 2 heteroatoms. The van der Waals surface area contributed by atoms with Crippen molar-refractivity contribution < 1.29 is 5.11 Å². The molecular formula is C17H19ClO. The number of rotatable bonds is 5. The van der Waals surface area contributed by atoms with Crippen molar-refractivity contribution >= 4 is 11.6 Å². The van der Waals surface area contributed by atoms with E-state index >= 15 is 0 Å². The fourth-order valence-electron chi connectivity index (χ4n) is 2.27. The summed E-state index contributed by atoms with van der Waals surface area (Å²) in [5.41, 5.74) is 3.36. The molecule has 0 amide bonds. The summed E-state index contributed by atoms with van der Waals surface area (Å²) >= 11 is 5.98. The first kappa shape index (κ1) is 14.1. The smallest absolute Gasteiger partial charge is 0.0793 e. The zero-order valence-corrected chi connectivity index (χ0v) is 11.9. The zero-order chi connectivity index (χ0) is 13.7. The summed E-state index contributed by atoms with van der Waals surface area (Å²) in [5, 5.41) is 10.9. The molecule has 2 aromatic carbocycles. The average molecular weight is 275 g/mol. The van der Waals surface area contributed by atoms with E-state index in [4.69, 9.17) is 11.6 Å². The van der Waals surface area contributed by atoms with Crippen LogP contribution in [0.5, 0.6) is 0 Å². The van der Waals surface area contributed by atoms with E-state index in [1.54, 1.807) is 0 Å². The lowest BCUT2D eigenvalue weighted by molar-refractivity contribution is 0.164. The lowest BCUT2D eigenvalue weighted by Crippen LogP contribution is -2.01. The number of aliphatic hydroxyl groups is 1. The average Bonchev–Trinajstić information content (AvgIpc) is 2.42. The third kappa shape index (κ3) is 4.09. The predicted octanol–water partition coefficient (Wildman–Crippen LogP) is 4.70. The van der Waals surface area contributed by atoms with Crippen LogP contribution in [0.2, 0.25) is 5.02 Å². The van der Waals surface area contributed by atoms with Gasteiger partial charge < -0.3 is 5.11 Å². The highest BCUT2D eigenvalue weighted by atomic mass is 35.5. The molecule has 0 aliphatic carbocycles. The van der Waals surface area contributed by atoms with Crippen molar-refractivity contribution in [2.75, 3.05) is 0 Å². The lowest BCUT2D eigenvalue weighted by Gasteiger charge is -2.14. The van der Waals surface area contributed by atoms with Crippen molar-refractivity contribution in [3.63, 3.8) is 0 Å². The second kappa shape index (κ2) is 6.74. The molecule has 0 aliphatic rings. The minimum Gasteiger partial charge on any atom is -0.388 e. The lowest BCUT2D eigenvalue weighted by atomic mass is 9.98. The summed E-state index contributed by atoms with van der Waals surface area (Å²) in [7, 11) is 0. The first-order chi connectivity index (χ1) is 9.16. The Labute approximate surface area is 119 Å². The highest BCUT2D eigenvalue weighted by molar-refractivity contribution is 6.30. The molecule has 2 rings (SSSR count). The van der Waals surface area contributed by atoms with Crippen LogP contribution in [0.1, 0.15) is 35.6 Å². The molecule has 1 N–H and O–H groups in total. The van der Waals surface area contributed by atoms with Crippen molar-refractivity contribution in [1.29, 1.82) is 0 Å². The molecule has 0 aromatic heterocycles. The summed E-state index contributed by atoms with van der Waals surface area (Å²) in [6.45, 7) is 2.01. The fraction of sp³-hybridized carbons (Fsp3) is 0.294. The normalized spacial score (nSPS) is 12.4. The summed E-state index contributed by atoms with van der Waals surface area (Å²) in [6, 6.07) is 16.0. The highest BCUT2D eigenvalue weighted by Gasteiger charge is 2.10. The number of aliphatic hydroxyl groups excluding tert-OH is 1. The topological polar surface area (TPSA) is 20.2 Å². The van der Waals surface area contributed by atoms with Gasteiger partial charge in [0.15, 0.2) is 0 Å².